The molecule has 0 unspecified atom stereocenters. The minimum atomic E-state index is -0.181. The van der Waals surface area contributed by atoms with Crippen LogP contribution in [0.25, 0.3) is 10.9 Å². The summed E-state index contributed by atoms with van der Waals surface area (Å²) in [5, 5.41) is 7.06. The van der Waals surface area contributed by atoms with Crippen LogP contribution in [-0.4, -0.2) is 35.6 Å². The van der Waals surface area contributed by atoms with Gasteiger partial charge in [0.05, 0.1) is 22.8 Å². The van der Waals surface area contributed by atoms with Crippen molar-refractivity contribution in [3.63, 3.8) is 0 Å². The molecule has 0 spiro atoms. The van der Waals surface area contributed by atoms with Crippen LogP contribution in [0.2, 0.25) is 0 Å². The summed E-state index contributed by atoms with van der Waals surface area (Å²) in [6, 6.07) is 11.7. The average Bonchev–Trinajstić information content (AvgIpc) is 2.51. The van der Waals surface area contributed by atoms with E-state index in [1.54, 1.807) is 0 Å². The molecule has 6 heteroatoms. The third kappa shape index (κ3) is 4.75. The number of nitrogens with zero attached hydrogens (tertiary/aromatic N) is 1. The Hall–Kier alpha value is -2.08. The second kappa shape index (κ2) is 7.64. The summed E-state index contributed by atoms with van der Waals surface area (Å²) < 4.78 is 0. The van der Waals surface area contributed by atoms with Crippen LogP contribution < -0.4 is 10.6 Å². The van der Waals surface area contributed by atoms with E-state index in [9.17, 15) is 9.59 Å². The zero-order chi connectivity index (χ0) is 15.1. The Balaban J connectivity index is 1.83. The van der Waals surface area contributed by atoms with Crippen molar-refractivity contribution in [2.24, 2.45) is 0 Å². The normalized spacial score (nSPS) is 10.3. The second-order valence-electron chi connectivity index (χ2n) is 4.36. The van der Waals surface area contributed by atoms with E-state index >= 15 is 0 Å². The number of rotatable bonds is 6. The van der Waals surface area contributed by atoms with Crippen molar-refractivity contribution in [3.05, 3.63) is 36.4 Å². The van der Waals surface area contributed by atoms with E-state index in [0.29, 0.717) is 6.54 Å². The van der Waals surface area contributed by atoms with E-state index < -0.39 is 0 Å². The van der Waals surface area contributed by atoms with Crippen LogP contribution in [0.15, 0.2) is 41.4 Å². The summed E-state index contributed by atoms with van der Waals surface area (Å²) in [7, 11) is 0. The zero-order valence-electron chi connectivity index (χ0n) is 11.8. The molecule has 0 atom stereocenters. The molecule has 2 rings (SSSR count). The van der Waals surface area contributed by atoms with E-state index in [4.69, 9.17) is 0 Å². The number of thioether (sulfide) groups is 1. The SMILES string of the molecule is CCNC(=O)CNC(=O)CSc1ccc2ccccc2n1. The summed E-state index contributed by atoms with van der Waals surface area (Å²) in [6.07, 6.45) is 0. The van der Waals surface area contributed by atoms with Gasteiger partial charge in [0.2, 0.25) is 11.8 Å². The topological polar surface area (TPSA) is 71.1 Å². The Morgan fingerprint density at radius 2 is 1.90 bits per heavy atom. The number of hydrogen-bond donors (Lipinski definition) is 2. The van der Waals surface area contributed by atoms with Crippen molar-refractivity contribution in [1.29, 1.82) is 0 Å². The molecule has 1 aromatic heterocycles. The number of aromatic nitrogens is 1. The van der Waals surface area contributed by atoms with Gasteiger partial charge in [0.25, 0.3) is 0 Å². The second-order valence-corrected chi connectivity index (χ2v) is 5.36. The first kappa shape index (κ1) is 15.3. The maximum atomic E-state index is 11.6. The maximum absolute atomic E-state index is 11.6. The molecule has 2 N–H and O–H groups in total. The third-order valence-electron chi connectivity index (χ3n) is 2.74. The van der Waals surface area contributed by atoms with Gasteiger partial charge in [0.1, 0.15) is 0 Å². The van der Waals surface area contributed by atoms with Crippen LogP contribution >= 0.6 is 11.8 Å². The smallest absolute Gasteiger partial charge is 0.239 e. The molecule has 5 nitrogen and oxygen atoms in total. The molecule has 2 amide bonds. The lowest BCUT2D eigenvalue weighted by atomic mass is 10.2. The predicted octanol–water partition coefficient (Wildman–Crippen LogP) is 1.58. The Labute approximate surface area is 127 Å². The number of para-hydroxylation sites is 1. The summed E-state index contributed by atoms with van der Waals surface area (Å²) in [6.45, 7) is 2.41. The fourth-order valence-electron chi connectivity index (χ4n) is 1.76. The van der Waals surface area contributed by atoms with Crippen molar-refractivity contribution < 1.29 is 9.59 Å². The highest BCUT2D eigenvalue weighted by molar-refractivity contribution is 7.99. The largest absolute Gasteiger partial charge is 0.355 e. The standard InChI is InChI=1S/C15H17N3O2S/c1-2-16-13(19)9-17-14(20)10-21-15-8-7-11-5-3-4-6-12(11)18-15/h3-8H,2,9-10H2,1H3,(H,16,19)(H,17,20). The highest BCUT2D eigenvalue weighted by Crippen LogP contribution is 2.19. The first-order chi connectivity index (χ1) is 10.2. The third-order valence-corrected chi connectivity index (χ3v) is 3.67. The van der Waals surface area contributed by atoms with E-state index in [0.717, 1.165) is 15.9 Å². The summed E-state index contributed by atoms with van der Waals surface area (Å²) in [5.41, 5.74) is 0.908. The van der Waals surface area contributed by atoms with Gasteiger partial charge in [-0.3, -0.25) is 9.59 Å². The molecule has 21 heavy (non-hydrogen) atoms. The Morgan fingerprint density at radius 3 is 2.71 bits per heavy atom. The van der Waals surface area contributed by atoms with Gasteiger partial charge in [-0.1, -0.05) is 36.0 Å². The van der Waals surface area contributed by atoms with Crippen LogP contribution in [-0.2, 0) is 9.59 Å². The molecule has 1 aromatic carbocycles. The highest BCUT2D eigenvalue weighted by atomic mass is 32.2. The number of carbonyl (C=O) groups is 2. The van der Waals surface area contributed by atoms with E-state index in [-0.39, 0.29) is 24.1 Å². The Bertz CT molecular complexity index is 646. The first-order valence-electron chi connectivity index (χ1n) is 6.71. The fourth-order valence-corrected chi connectivity index (χ4v) is 2.46. The van der Waals surface area contributed by atoms with E-state index in [1.165, 1.54) is 11.8 Å². The zero-order valence-corrected chi connectivity index (χ0v) is 12.6. The van der Waals surface area contributed by atoms with Crippen molar-refractivity contribution in [2.75, 3.05) is 18.8 Å². The number of fused-ring (bicyclic) bond motifs is 1. The molecule has 0 saturated carbocycles. The lowest BCUT2D eigenvalue weighted by Gasteiger charge is -2.05. The minimum Gasteiger partial charge on any atom is -0.355 e. The fraction of sp³-hybridized carbons (Fsp3) is 0.267. The molecule has 0 radical (unpaired) electrons. The molecule has 1 heterocycles. The van der Waals surface area contributed by atoms with Crippen molar-refractivity contribution >= 4 is 34.5 Å². The van der Waals surface area contributed by atoms with Crippen LogP contribution in [0.3, 0.4) is 0 Å². The molecule has 0 aliphatic heterocycles. The number of hydrogen-bond acceptors (Lipinski definition) is 4. The number of likely N-dealkylation sites (N-methyl/N-ethyl adjacent to an activating group) is 1. The van der Waals surface area contributed by atoms with Crippen LogP contribution in [0, 0.1) is 0 Å². The van der Waals surface area contributed by atoms with E-state index in [2.05, 4.69) is 15.6 Å². The van der Waals surface area contributed by atoms with Crippen LogP contribution in [0.5, 0.6) is 0 Å². The molecule has 0 saturated heterocycles. The highest BCUT2D eigenvalue weighted by Gasteiger charge is 2.06. The van der Waals surface area contributed by atoms with Gasteiger partial charge >= 0.3 is 0 Å². The quantitative estimate of drug-likeness (QED) is 0.795. The van der Waals surface area contributed by atoms with Gasteiger partial charge in [0.15, 0.2) is 0 Å². The number of carbonyl (C=O) groups excluding carboxylic acids is 2. The lowest BCUT2D eigenvalue weighted by Crippen LogP contribution is -2.37. The predicted molar refractivity (Wildman–Crippen MR) is 84.2 cm³/mol. The van der Waals surface area contributed by atoms with Crippen LogP contribution in [0.4, 0.5) is 0 Å². The molecular weight excluding hydrogens is 286 g/mol. The summed E-state index contributed by atoms with van der Waals surface area (Å²) in [4.78, 5) is 27.3. The average molecular weight is 303 g/mol. The lowest BCUT2D eigenvalue weighted by molar-refractivity contribution is -0.124. The van der Waals surface area contributed by atoms with Gasteiger partial charge in [-0.05, 0) is 19.1 Å². The number of benzene rings is 1. The van der Waals surface area contributed by atoms with E-state index in [1.807, 2.05) is 43.3 Å². The monoisotopic (exact) mass is 303 g/mol. The maximum Gasteiger partial charge on any atom is 0.239 e. The Morgan fingerprint density at radius 1 is 1.10 bits per heavy atom. The van der Waals surface area contributed by atoms with Gasteiger partial charge < -0.3 is 10.6 Å². The summed E-state index contributed by atoms with van der Waals surface area (Å²) >= 11 is 1.35. The van der Waals surface area contributed by atoms with Crippen molar-refractivity contribution in [1.82, 2.24) is 15.6 Å². The minimum absolute atomic E-state index is 0.0123. The molecule has 110 valence electrons. The van der Waals surface area contributed by atoms with Gasteiger partial charge in [-0.2, -0.15) is 0 Å². The van der Waals surface area contributed by atoms with Gasteiger partial charge in [-0.25, -0.2) is 4.98 Å². The van der Waals surface area contributed by atoms with Gasteiger partial charge in [0, 0.05) is 11.9 Å². The Kier molecular flexibility index (Phi) is 5.57. The molecule has 0 aliphatic carbocycles. The molecule has 2 aromatic rings. The summed E-state index contributed by atoms with van der Waals surface area (Å²) in [5.74, 6) is -0.119. The number of pyridine rings is 1. The van der Waals surface area contributed by atoms with Crippen LogP contribution in [0.1, 0.15) is 6.92 Å². The molecule has 0 bridgehead atoms. The first-order valence-corrected chi connectivity index (χ1v) is 7.69. The van der Waals surface area contributed by atoms with Crippen molar-refractivity contribution in [2.45, 2.75) is 11.9 Å². The van der Waals surface area contributed by atoms with Crippen molar-refractivity contribution in [3.8, 4) is 0 Å². The number of nitrogens with one attached hydrogen (secondary N) is 2. The number of amides is 2. The molecule has 0 fully saturated rings. The van der Waals surface area contributed by atoms with Gasteiger partial charge in [-0.15, -0.1) is 0 Å². The molecular formula is C15H17N3O2S. The molecule has 0 aliphatic rings.